The summed E-state index contributed by atoms with van der Waals surface area (Å²) in [5, 5.41) is 2.79. The van der Waals surface area contributed by atoms with Crippen LogP contribution in [-0.4, -0.2) is 31.1 Å². The fraction of sp³-hybridized carbons (Fsp3) is 0.647. The molecule has 150 valence electrons. The van der Waals surface area contributed by atoms with Crippen LogP contribution in [0.15, 0.2) is 12.1 Å². The average molecular weight is 438 g/mol. The zero-order valence-corrected chi connectivity index (χ0v) is 16.5. The van der Waals surface area contributed by atoms with E-state index in [2.05, 4.69) is 10.2 Å². The lowest BCUT2D eigenvalue weighted by Crippen LogP contribution is -2.47. The van der Waals surface area contributed by atoms with E-state index >= 15 is 0 Å². The van der Waals surface area contributed by atoms with Gasteiger partial charge in [-0.2, -0.15) is 13.2 Å². The zero-order chi connectivity index (χ0) is 17.3. The third kappa shape index (κ3) is 5.16. The second-order valence-electron chi connectivity index (χ2n) is 6.63. The molecule has 2 aliphatic rings. The summed E-state index contributed by atoms with van der Waals surface area (Å²) in [6.45, 7) is 2.93. The van der Waals surface area contributed by atoms with Gasteiger partial charge < -0.3 is 5.32 Å². The minimum absolute atomic E-state index is 0. The Kier molecular flexibility index (Phi) is 8.94. The van der Waals surface area contributed by atoms with Gasteiger partial charge in [-0.25, -0.2) is 4.39 Å². The fourth-order valence-corrected chi connectivity index (χ4v) is 4.20. The number of alkyl halides is 3. The lowest BCUT2D eigenvalue weighted by atomic mass is 9.88. The summed E-state index contributed by atoms with van der Waals surface area (Å²) in [6.07, 6.45) is -0.608. The first kappa shape index (κ1) is 23.8. The summed E-state index contributed by atoms with van der Waals surface area (Å²) >= 11 is 5.81. The number of halogens is 7. The Labute approximate surface area is 168 Å². The van der Waals surface area contributed by atoms with Crippen molar-refractivity contribution in [3.8, 4) is 0 Å². The van der Waals surface area contributed by atoms with Crippen LogP contribution < -0.4 is 5.32 Å². The summed E-state index contributed by atoms with van der Waals surface area (Å²) in [4.78, 5) is 2.11. The van der Waals surface area contributed by atoms with Crippen molar-refractivity contribution in [3.63, 3.8) is 0 Å². The van der Waals surface area contributed by atoms with Crippen LogP contribution in [0.5, 0.6) is 0 Å². The van der Waals surface area contributed by atoms with Gasteiger partial charge in [-0.1, -0.05) is 24.4 Å². The van der Waals surface area contributed by atoms with Gasteiger partial charge in [0, 0.05) is 37.8 Å². The molecule has 0 aromatic heterocycles. The molecular weight excluding hydrogens is 415 g/mol. The highest BCUT2D eigenvalue weighted by Gasteiger charge is 2.37. The number of nitrogens with one attached hydrogen (secondary N) is 1. The van der Waals surface area contributed by atoms with E-state index < -0.39 is 22.6 Å². The molecule has 1 atom stereocenters. The molecule has 0 amide bonds. The monoisotopic (exact) mass is 436 g/mol. The Bertz CT molecular complexity index is 586. The second-order valence-corrected chi connectivity index (χ2v) is 7.04. The third-order valence-corrected chi connectivity index (χ3v) is 5.37. The molecule has 1 aromatic rings. The highest BCUT2D eigenvalue weighted by molar-refractivity contribution is 6.30. The Hall–Kier alpha value is -0.270. The molecule has 0 unspecified atom stereocenters. The van der Waals surface area contributed by atoms with Crippen LogP contribution in [0.1, 0.15) is 42.9 Å². The van der Waals surface area contributed by atoms with Crippen LogP contribution in [0.3, 0.4) is 0 Å². The molecule has 0 bridgehead atoms. The quantitative estimate of drug-likeness (QED) is 0.630. The first-order chi connectivity index (χ1) is 11.4. The lowest BCUT2D eigenvalue weighted by molar-refractivity contribution is -0.137. The van der Waals surface area contributed by atoms with Gasteiger partial charge in [0.2, 0.25) is 0 Å². The van der Waals surface area contributed by atoms with E-state index in [0.29, 0.717) is 19.2 Å². The van der Waals surface area contributed by atoms with Crippen LogP contribution in [0.4, 0.5) is 17.6 Å². The SMILES string of the molecule is Cl.Cl.Fc1c(Cl)cc(C(F)(F)F)cc1[C@H](C1CCCC1)N1CCNCC1. The highest BCUT2D eigenvalue weighted by Crippen LogP contribution is 2.43. The standard InChI is InChI=1S/C17H21ClF4N2.2ClH/c18-14-10-12(17(20,21)22)9-13(15(14)19)16(11-3-1-2-4-11)24-7-5-23-6-8-24;;/h9-11,16,23H,1-8H2;2*1H/t16-;;/m0../s1. The smallest absolute Gasteiger partial charge is 0.314 e. The molecule has 1 aliphatic carbocycles. The van der Waals surface area contributed by atoms with Crippen LogP contribution in [0.25, 0.3) is 0 Å². The van der Waals surface area contributed by atoms with Gasteiger partial charge >= 0.3 is 6.18 Å². The Morgan fingerprint density at radius 3 is 2.19 bits per heavy atom. The molecule has 1 aromatic carbocycles. The molecular formula is C17H23Cl3F4N2. The molecule has 9 heteroatoms. The van der Waals surface area contributed by atoms with Gasteiger partial charge in [-0.3, -0.25) is 4.90 Å². The van der Waals surface area contributed by atoms with Gasteiger partial charge in [0.25, 0.3) is 0 Å². The molecule has 26 heavy (non-hydrogen) atoms. The fourth-order valence-electron chi connectivity index (χ4n) is 3.97. The molecule has 1 saturated heterocycles. The predicted octanol–water partition coefficient (Wildman–Crippen LogP) is 5.48. The lowest BCUT2D eigenvalue weighted by Gasteiger charge is -2.39. The van der Waals surface area contributed by atoms with Gasteiger partial charge in [0.15, 0.2) is 0 Å². The van der Waals surface area contributed by atoms with Crippen molar-refractivity contribution < 1.29 is 17.6 Å². The Morgan fingerprint density at radius 1 is 1.08 bits per heavy atom. The molecule has 1 N–H and O–H groups in total. The van der Waals surface area contributed by atoms with Gasteiger partial charge in [-0.15, -0.1) is 24.8 Å². The van der Waals surface area contributed by atoms with Crippen molar-refractivity contribution >= 4 is 36.4 Å². The first-order valence-electron chi connectivity index (χ1n) is 8.39. The topological polar surface area (TPSA) is 15.3 Å². The molecule has 0 spiro atoms. The summed E-state index contributed by atoms with van der Waals surface area (Å²) in [5.41, 5.74) is -0.773. The predicted molar refractivity (Wildman–Crippen MR) is 100 cm³/mol. The number of nitrogens with zero attached hydrogens (tertiary/aromatic N) is 1. The van der Waals surface area contributed by atoms with E-state index in [0.717, 1.165) is 44.8 Å². The minimum Gasteiger partial charge on any atom is -0.314 e. The number of piperazine rings is 1. The molecule has 1 saturated carbocycles. The maximum atomic E-state index is 14.7. The van der Waals surface area contributed by atoms with Crippen LogP contribution in [0, 0.1) is 11.7 Å². The van der Waals surface area contributed by atoms with Crippen LogP contribution >= 0.6 is 36.4 Å². The van der Waals surface area contributed by atoms with Gasteiger partial charge in [-0.05, 0) is 30.9 Å². The maximum absolute atomic E-state index is 14.7. The molecule has 2 nitrogen and oxygen atoms in total. The molecule has 1 heterocycles. The summed E-state index contributed by atoms with van der Waals surface area (Å²) in [5.74, 6) is -0.530. The average Bonchev–Trinajstić information content (AvgIpc) is 3.05. The van der Waals surface area contributed by atoms with Crippen LogP contribution in [0.2, 0.25) is 5.02 Å². The highest BCUT2D eigenvalue weighted by atomic mass is 35.5. The number of rotatable bonds is 3. The molecule has 2 fully saturated rings. The van der Waals surface area contributed by atoms with E-state index in [-0.39, 0.29) is 42.3 Å². The molecule has 1 aliphatic heterocycles. The second kappa shape index (κ2) is 9.78. The van der Waals surface area contributed by atoms with Gasteiger partial charge in [0.05, 0.1) is 10.6 Å². The normalized spacial score (nSPS) is 20.3. The zero-order valence-electron chi connectivity index (χ0n) is 14.1. The molecule has 3 rings (SSSR count). The minimum atomic E-state index is -4.53. The van der Waals surface area contributed by atoms with Crippen LogP contribution in [-0.2, 0) is 6.18 Å². The van der Waals surface area contributed by atoms with E-state index in [1.54, 1.807) is 0 Å². The number of hydrogen-bond acceptors (Lipinski definition) is 2. The molecule has 0 radical (unpaired) electrons. The largest absolute Gasteiger partial charge is 0.416 e. The van der Waals surface area contributed by atoms with E-state index in [9.17, 15) is 17.6 Å². The third-order valence-electron chi connectivity index (χ3n) is 5.09. The number of hydrogen-bond donors (Lipinski definition) is 1. The van der Waals surface area contributed by atoms with Crippen molar-refractivity contribution in [2.24, 2.45) is 5.92 Å². The van der Waals surface area contributed by atoms with Gasteiger partial charge in [0.1, 0.15) is 5.82 Å². The summed E-state index contributed by atoms with van der Waals surface area (Å²) in [7, 11) is 0. The van der Waals surface area contributed by atoms with Crippen molar-refractivity contribution in [2.75, 3.05) is 26.2 Å². The van der Waals surface area contributed by atoms with Crippen molar-refractivity contribution in [2.45, 2.75) is 37.9 Å². The maximum Gasteiger partial charge on any atom is 0.416 e. The van der Waals surface area contributed by atoms with E-state index in [1.165, 1.54) is 0 Å². The van der Waals surface area contributed by atoms with Crippen molar-refractivity contribution in [3.05, 3.63) is 34.1 Å². The summed E-state index contributed by atoms with van der Waals surface area (Å²) in [6, 6.07) is 1.31. The number of benzene rings is 1. The summed E-state index contributed by atoms with van der Waals surface area (Å²) < 4.78 is 54.2. The Morgan fingerprint density at radius 2 is 1.65 bits per heavy atom. The van der Waals surface area contributed by atoms with Crippen molar-refractivity contribution in [1.82, 2.24) is 10.2 Å². The van der Waals surface area contributed by atoms with Crippen molar-refractivity contribution in [1.29, 1.82) is 0 Å². The van der Waals surface area contributed by atoms with E-state index in [1.807, 2.05) is 0 Å². The Balaban J connectivity index is 0.00000169. The van der Waals surface area contributed by atoms with E-state index in [4.69, 9.17) is 11.6 Å². The first-order valence-corrected chi connectivity index (χ1v) is 8.76.